The zero-order valence-electron chi connectivity index (χ0n) is 17.4. The van der Waals surface area contributed by atoms with Gasteiger partial charge in [0, 0.05) is 34.0 Å². The van der Waals surface area contributed by atoms with Crippen molar-refractivity contribution in [2.75, 3.05) is 11.1 Å². The highest BCUT2D eigenvalue weighted by Gasteiger charge is 2.15. The number of amides is 1. The Kier molecular flexibility index (Phi) is 7.93. The van der Waals surface area contributed by atoms with Crippen molar-refractivity contribution >= 4 is 68.9 Å². The fourth-order valence-corrected chi connectivity index (χ4v) is 5.28. The van der Waals surface area contributed by atoms with E-state index in [1.165, 1.54) is 23.1 Å². The van der Waals surface area contributed by atoms with Crippen LogP contribution in [0.4, 0.5) is 5.13 Å². The first-order valence-electron chi connectivity index (χ1n) is 9.93. The molecule has 2 aromatic heterocycles. The summed E-state index contributed by atoms with van der Waals surface area (Å²) in [6.45, 7) is 2.73. The number of hydrogen-bond acceptors (Lipinski definition) is 6. The van der Waals surface area contributed by atoms with E-state index in [1.54, 1.807) is 18.2 Å². The van der Waals surface area contributed by atoms with Crippen molar-refractivity contribution in [2.45, 2.75) is 25.0 Å². The number of hydrogen-bond donors (Lipinski definition) is 1. The maximum absolute atomic E-state index is 12.5. The summed E-state index contributed by atoms with van der Waals surface area (Å²) < 4.78 is 2.01. The summed E-state index contributed by atoms with van der Waals surface area (Å²) in [5.41, 5.74) is 2.54. The van der Waals surface area contributed by atoms with Gasteiger partial charge in [0.2, 0.25) is 5.91 Å². The number of aromatic nitrogens is 4. The second-order valence-corrected chi connectivity index (χ2v) is 10.0. The highest BCUT2D eigenvalue weighted by atomic mass is 35.5. The summed E-state index contributed by atoms with van der Waals surface area (Å²) >= 11 is 20.8. The van der Waals surface area contributed by atoms with Gasteiger partial charge >= 0.3 is 0 Å². The number of benzene rings is 2. The van der Waals surface area contributed by atoms with Crippen LogP contribution in [0.25, 0.3) is 11.3 Å². The van der Waals surface area contributed by atoms with Gasteiger partial charge in [-0.2, -0.15) is 0 Å². The molecule has 0 fully saturated rings. The van der Waals surface area contributed by atoms with E-state index in [0.29, 0.717) is 44.0 Å². The molecule has 0 bridgehead atoms. The van der Waals surface area contributed by atoms with Gasteiger partial charge in [0.1, 0.15) is 5.82 Å². The first-order chi connectivity index (χ1) is 15.9. The molecule has 4 rings (SSSR count). The van der Waals surface area contributed by atoms with Crippen LogP contribution >= 0.6 is 57.9 Å². The number of thioether (sulfide) groups is 1. The Morgan fingerprint density at radius 3 is 2.58 bits per heavy atom. The van der Waals surface area contributed by atoms with Crippen LogP contribution in [0.15, 0.2) is 53.0 Å². The van der Waals surface area contributed by atoms with E-state index in [9.17, 15) is 4.79 Å². The SMILES string of the molecule is CCn1c(Cc2ccc(Cl)cc2)nnc1SCC(=O)Nc1nc(-c2ccc(Cl)cc2Cl)cs1. The van der Waals surface area contributed by atoms with Crippen LogP contribution in [0.3, 0.4) is 0 Å². The first kappa shape index (κ1) is 24.0. The molecule has 1 N–H and O–H groups in total. The molecule has 0 aliphatic carbocycles. The number of carbonyl (C=O) groups excluding carboxylic acids is 1. The lowest BCUT2D eigenvalue weighted by Crippen LogP contribution is -2.14. The van der Waals surface area contributed by atoms with Gasteiger partial charge in [-0.15, -0.1) is 21.5 Å². The number of nitrogens with one attached hydrogen (secondary N) is 1. The Morgan fingerprint density at radius 1 is 1.09 bits per heavy atom. The Bertz CT molecular complexity index is 1270. The van der Waals surface area contributed by atoms with E-state index in [-0.39, 0.29) is 11.7 Å². The lowest BCUT2D eigenvalue weighted by atomic mass is 10.1. The minimum atomic E-state index is -0.173. The minimum Gasteiger partial charge on any atom is -0.306 e. The molecule has 0 saturated heterocycles. The van der Waals surface area contributed by atoms with E-state index in [2.05, 4.69) is 20.5 Å². The highest BCUT2D eigenvalue weighted by Crippen LogP contribution is 2.32. The third-order valence-electron chi connectivity index (χ3n) is 4.68. The van der Waals surface area contributed by atoms with Crippen LogP contribution < -0.4 is 5.32 Å². The summed E-state index contributed by atoms with van der Waals surface area (Å²) in [5.74, 6) is 0.857. The Hall–Kier alpha value is -2.10. The topological polar surface area (TPSA) is 72.7 Å². The van der Waals surface area contributed by atoms with Gasteiger partial charge < -0.3 is 9.88 Å². The maximum atomic E-state index is 12.5. The summed E-state index contributed by atoms with van der Waals surface area (Å²) in [4.78, 5) is 17.0. The molecule has 11 heteroatoms. The normalized spacial score (nSPS) is 11.0. The molecule has 4 aromatic rings. The van der Waals surface area contributed by atoms with Crippen LogP contribution in [0.2, 0.25) is 15.1 Å². The van der Waals surface area contributed by atoms with Gasteiger partial charge in [0.25, 0.3) is 0 Å². The van der Waals surface area contributed by atoms with Crippen LogP contribution in [0.5, 0.6) is 0 Å². The molecule has 6 nitrogen and oxygen atoms in total. The largest absolute Gasteiger partial charge is 0.306 e. The van der Waals surface area contributed by atoms with Gasteiger partial charge in [0.15, 0.2) is 10.3 Å². The molecule has 2 heterocycles. The first-order valence-corrected chi connectivity index (χ1v) is 12.9. The highest BCUT2D eigenvalue weighted by molar-refractivity contribution is 7.99. The lowest BCUT2D eigenvalue weighted by molar-refractivity contribution is -0.113. The fraction of sp³-hybridized carbons (Fsp3) is 0.182. The molecule has 0 aliphatic heterocycles. The van der Waals surface area contributed by atoms with Crippen molar-refractivity contribution in [2.24, 2.45) is 0 Å². The van der Waals surface area contributed by atoms with Crippen molar-refractivity contribution in [3.05, 3.63) is 74.3 Å². The van der Waals surface area contributed by atoms with Crippen molar-refractivity contribution < 1.29 is 4.79 Å². The van der Waals surface area contributed by atoms with Gasteiger partial charge in [-0.05, 0) is 42.8 Å². The van der Waals surface area contributed by atoms with Crippen molar-refractivity contribution in [3.8, 4) is 11.3 Å². The maximum Gasteiger partial charge on any atom is 0.236 e. The number of carbonyl (C=O) groups is 1. The smallest absolute Gasteiger partial charge is 0.236 e. The molecule has 2 aromatic carbocycles. The molecule has 170 valence electrons. The average Bonchev–Trinajstić information content (AvgIpc) is 3.40. The second kappa shape index (κ2) is 10.9. The van der Waals surface area contributed by atoms with E-state index in [1.807, 2.05) is 41.1 Å². The number of nitrogens with zero attached hydrogens (tertiary/aromatic N) is 4. The van der Waals surface area contributed by atoms with Crippen molar-refractivity contribution in [3.63, 3.8) is 0 Å². The lowest BCUT2D eigenvalue weighted by Gasteiger charge is -2.07. The van der Waals surface area contributed by atoms with Crippen LogP contribution in [-0.4, -0.2) is 31.4 Å². The van der Waals surface area contributed by atoms with Crippen molar-refractivity contribution in [1.82, 2.24) is 19.7 Å². The van der Waals surface area contributed by atoms with E-state index < -0.39 is 0 Å². The minimum absolute atomic E-state index is 0.173. The van der Waals surface area contributed by atoms with Crippen LogP contribution in [0.1, 0.15) is 18.3 Å². The van der Waals surface area contributed by atoms with E-state index in [0.717, 1.165) is 17.0 Å². The monoisotopic (exact) mass is 537 g/mol. The average molecular weight is 539 g/mol. The molecule has 0 radical (unpaired) electrons. The zero-order valence-corrected chi connectivity index (χ0v) is 21.3. The summed E-state index contributed by atoms with van der Waals surface area (Å²) in [6.07, 6.45) is 0.639. The zero-order chi connectivity index (χ0) is 23.4. The molecule has 1 amide bonds. The van der Waals surface area contributed by atoms with Crippen LogP contribution in [-0.2, 0) is 17.8 Å². The molecular formula is C22H18Cl3N5OS2. The number of anilines is 1. The Labute approximate surface area is 214 Å². The third-order valence-corrected chi connectivity index (χ3v) is 7.20. The van der Waals surface area contributed by atoms with E-state index in [4.69, 9.17) is 34.8 Å². The van der Waals surface area contributed by atoms with Crippen LogP contribution in [0, 0.1) is 0 Å². The summed E-state index contributed by atoms with van der Waals surface area (Å²) in [5, 5.41) is 16.2. The fourth-order valence-electron chi connectivity index (χ4n) is 3.10. The predicted octanol–water partition coefficient (Wildman–Crippen LogP) is 6.70. The number of halogens is 3. The molecule has 33 heavy (non-hydrogen) atoms. The summed E-state index contributed by atoms with van der Waals surface area (Å²) in [6, 6.07) is 12.9. The van der Waals surface area contributed by atoms with Gasteiger partial charge in [-0.25, -0.2) is 4.98 Å². The van der Waals surface area contributed by atoms with Crippen molar-refractivity contribution in [1.29, 1.82) is 0 Å². The molecule has 0 spiro atoms. The van der Waals surface area contributed by atoms with Gasteiger partial charge in [-0.3, -0.25) is 4.79 Å². The number of thiazole rings is 1. The molecule has 0 unspecified atom stereocenters. The quantitative estimate of drug-likeness (QED) is 0.253. The molecular weight excluding hydrogens is 521 g/mol. The van der Waals surface area contributed by atoms with Gasteiger partial charge in [0.05, 0.1) is 16.5 Å². The van der Waals surface area contributed by atoms with E-state index >= 15 is 0 Å². The molecule has 0 aliphatic rings. The third kappa shape index (κ3) is 6.07. The number of rotatable bonds is 8. The predicted molar refractivity (Wildman–Crippen MR) is 137 cm³/mol. The molecule has 0 saturated carbocycles. The Balaban J connectivity index is 1.37. The second-order valence-electron chi connectivity index (χ2n) is 6.95. The summed E-state index contributed by atoms with van der Waals surface area (Å²) in [7, 11) is 0. The molecule has 0 atom stereocenters. The Morgan fingerprint density at radius 2 is 1.85 bits per heavy atom. The standard InChI is InChI=1S/C22H18Cl3N5OS2/c1-2-30-19(9-13-3-5-14(23)6-4-13)28-29-22(30)33-12-20(31)27-21-26-18(11-32-21)16-8-7-15(24)10-17(16)25/h3-8,10-11H,2,9,12H2,1H3,(H,26,27,31). The van der Waals surface area contributed by atoms with Gasteiger partial charge in [-0.1, -0.05) is 58.7 Å².